The van der Waals surface area contributed by atoms with Crippen molar-refractivity contribution in [3.05, 3.63) is 58.6 Å². The molecule has 0 aliphatic heterocycles. The van der Waals surface area contributed by atoms with Gasteiger partial charge in [-0.3, -0.25) is 0 Å². The Hall–Kier alpha value is -1.67. The molecular formula is C14H14ClNO. The molecule has 0 saturated heterocycles. The second kappa shape index (κ2) is 5.11. The van der Waals surface area contributed by atoms with Crippen molar-refractivity contribution < 1.29 is 5.11 Å². The molecular weight excluding hydrogens is 234 g/mol. The van der Waals surface area contributed by atoms with E-state index in [1.165, 1.54) is 0 Å². The molecule has 0 bridgehead atoms. The first-order chi connectivity index (χ1) is 8.16. The number of phenolic OH excluding ortho intramolecular Hbond substituents is 1. The Morgan fingerprint density at radius 2 is 1.94 bits per heavy atom. The van der Waals surface area contributed by atoms with Gasteiger partial charge in [-0.15, -0.1) is 0 Å². The Morgan fingerprint density at radius 1 is 1.18 bits per heavy atom. The molecule has 0 spiro atoms. The van der Waals surface area contributed by atoms with Gasteiger partial charge < -0.3 is 10.4 Å². The van der Waals surface area contributed by atoms with Gasteiger partial charge in [0.1, 0.15) is 5.75 Å². The maximum atomic E-state index is 9.71. The van der Waals surface area contributed by atoms with Crippen LogP contribution in [0.4, 0.5) is 5.69 Å². The predicted molar refractivity (Wildman–Crippen MR) is 71.6 cm³/mol. The van der Waals surface area contributed by atoms with Crippen LogP contribution in [0.5, 0.6) is 5.75 Å². The van der Waals surface area contributed by atoms with Gasteiger partial charge in [-0.1, -0.05) is 41.4 Å². The molecule has 3 heteroatoms. The van der Waals surface area contributed by atoms with Crippen LogP contribution in [-0.2, 0) is 6.54 Å². The van der Waals surface area contributed by atoms with Crippen LogP contribution in [0.15, 0.2) is 42.5 Å². The smallest absolute Gasteiger partial charge is 0.120 e. The first-order valence-electron chi connectivity index (χ1n) is 5.44. The molecule has 0 unspecified atom stereocenters. The maximum absolute atomic E-state index is 9.71. The first-order valence-corrected chi connectivity index (χ1v) is 5.81. The summed E-state index contributed by atoms with van der Waals surface area (Å²) in [5.74, 6) is 0.301. The van der Waals surface area contributed by atoms with Gasteiger partial charge in [-0.25, -0.2) is 0 Å². The van der Waals surface area contributed by atoms with E-state index in [1.54, 1.807) is 6.07 Å². The summed E-state index contributed by atoms with van der Waals surface area (Å²) < 4.78 is 0. The van der Waals surface area contributed by atoms with Crippen LogP contribution < -0.4 is 5.32 Å². The van der Waals surface area contributed by atoms with Gasteiger partial charge in [-0.05, 0) is 25.1 Å². The van der Waals surface area contributed by atoms with Crippen LogP contribution >= 0.6 is 11.6 Å². The van der Waals surface area contributed by atoms with E-state index in [9.17, 15) is 5.11 Å². The Balaban J connectivity index is 2.12. The van der Waals surface area contributed by atoms with Crippen molar-refractivity contribution in [2.24, 2.45) is 0 Å². The Bertz CT molecular complexity index is 525. The van der Waals surface area contributed by atoms with Crippen molar-refractivity contribution in [1.82, 2.24) is 0 Å². The molecule has 2 nitrogen and oxygen atoms in total. The largest absolute Gasteiger partial charge is 0.508 e. The van der Waals surface area contributed by atoms with E-state index in [2.05, 4.69) is 5.32 Å². The minimum Gasteiger partial charge on any atom is -0.508 e. The number of aromatic hydroxyl groups is 1. The van der Waals surface area contributed by atoms with Gasteiger partial charge in [0.05, 0.1) is 10.7 Å². The highest BCUT2D eigenvalue weighted by atomic mass is 35.5. The lowest BCUT2D eigenvalue weighted by molar-refractivity contribution is 0.469. The highest BCUT2D eigenvalue weighted by Gasteiger charge is 2.02. The van der Waals surface area contributed by atoms with Crippen molar-refractivity contribution in [1.29, 1.82) is 0 Å². The molecule has 0 amide bonds. The highest BCUT2D eigenvalue weighted by Crippen LogP contribution is 2.23. The second-order valence-corrected chi connectivity index (χ2v) is 4.37. The second-order valence-electron chi connectivity index (χ2n) is 3.97. The van der Waals surface area contributed by atoms with Crippen LogP contribution in [0, 0.1) is 6.92 Å². The summed E-state index contributed by atoms with van der Waals surface area (Å²) in [6, 6.07) is 13.1. The third-order valence-corrected chi connectivity index (χ3v) is 2.91. The van der Waals surface area contributed by atoms with E-state index < -0.39 is 0 Å². The van der Waals surface area contributed by atoms with Crippen LogP contribution in [0.3, 0.4) is 0 Å². The molecule has 2 aromatic carbocycles. The molecule has 0 aromatic heterocycles. The molecule has 0 fully saturated rings. The molecule has 0 atom stereocenters. The SMILES string of the molecule is Cc1ccc(O)c(CNc2ccccc2Cl)c1. The maximum Gasteiger partial charge on any atom is 0.120 e. The molecule has 0 saturated carbocycles. The van der Waals surface area contributed by atoms with E-state index in [1.807, 2.05) is 43.3 Å². The summed E-state index contributed by atoms with van der Waals surface area (Å²) in [7, 11) is 0. The van der Waals surface area contributed by atoms with Crippen molar-refractivity contribution in [3.8, 4) is 5.75 Å². The van der Waals surface area contributed by atoms with Gasteiger partial charge >= 0.3 is 0 Å². The lowest BCUT2D eigenvalue weighted by Gasteiger charge is -2.10. The highest BCUT2D eigenvalue weighted by molar-refractivity contribution is 6.33. The zero-order chi connectivity index (χ0) is 12.3. The summed E-state index contributed by atoms with van der Waals surface area (Å²) in [5, 5.41) is 13.6. The lowest BCUT2D eigenvalue weighted by Crippen LogP contribution is -2.00. The summed E-state index contributed by atoms with van der Waals surface area (Å²) in [5.41, 5.74) is 2.86. The average Bonchev–Trinajstić information content (AvgIpc) is 2.32. The van der Waals surface area contributed by atoms with Gasteiger partial charge in [0.15, 0.2) is 0 Å². The Labute approximate surface area is 106 Å². The molecule has 2 rings (SSSR count). The third kappa shape index (κ3) is 2.92. The number of halogens is 1. The van der Waals surface area contributed by atoms with Crippen molar-refractivity contribution >= 4 is 17.3 Å². The van der Waals surface area contributed by atoms with Crippen LogP contribution in [0.1, 0.15) is 11.1 Å². The van der Waals surface area contributed by atoms with Crippen molar-refractivity contribution in [2.45, 2.75) is 13.5 Å². The molecule has 2 aromatic rings. The fourth-order valence-corrected chi connectivity index (χ4v) is 1.85. The Morgan fingerprint density at radius 3 is 2.71 bits per heavy atom. The number of anilines is 1. The number of benzene rings is 2. The summed E-state index contributed by atoms with van der Waals surface area (Å²) in [4.78, 5) is 0. The number of hydrogen-bond donors (Lipinski definition) is 2. The van der Waals surface area contributed by atoms with Crippen molar-refractivity contribution in [3.63, 3.8) is 0 Å². The molecule has 88 valence electrons. The normalized spacial score (nSPS) is 10.2. The van der Waals surface area contributed by atoms with E-state index in [-0.39, 0.29) is 0 Å². The summed E-state index contributed by atoms with van der Waals surface area (Å²) in [6.45, 7) is 2.55. The number of nitrogens with one attached hydrogen (secondary N) is 1. The lowest BCUT2D eigenvalue weighted by atomic mass is 10.1. The molecule has 0 radical (unpaired) electrons. The number of hydrogen-bond acceptors (Lipinski definition) is 2. The van der Waals surface area contributed by atoms with E-state index in [0.29, 0.717) is 17.3 Å². The van der Waals surface area contributed by atoms with Gasteiger partial charge in [-0.2, -0.15) is 0 Å². The average molecular weight is 248 g/mol. The zero-order valence-electron chi connectivity index (χ0n) is 9.57. The van der Waals surface area contributed by atoms with Gasteiger partial charge in [0, 0.05) is 12.1 Å². The van der Waals surface area contributed by atoms with E-state index >= 15 is 0 Å². The predicted octanol–water partition coefficient (Wildman–Crippen LogP) is 3.97. The minimum atomic E-state index is 0.301. The fourth-order valence-electron chi connectivity index (χ4n) is 1.65. The zero-order valence-corrected chi connectivity index (χ0v) is 10.3. The summed E-state index contributed by atoms with van der Waals surface area (Å²) >= 11 is 6.04. The minimum absolute atomic E-state index is 0.301. The summed E-state index contributed by atoms with van der Waals surface area (Å²) in [6.07, 6.45) is 0. The van der Waals surface area contributed by atoms with Crippen molar-refractivity contribution in [2.75, 3.05) is 5.32 Å². The van der Waals surface area contributed by atoms with Crippen LogP contribution in [0.25, 0.3) is 0 Å². The monoisotopic (exact) mass is 247 g/mol. The number of aryl methyl sites for hydroxylation is 1. The van der Waals surface area contributed by atoms with Crippen LogP contribution in [0.2, 0.25) is 5.02 Å². The molecule has 17 heavy (non-hydrogen) atoms. The topological polar surface area (TPSA) is 32.3 Å². The van der Waals surface area contributed by atoms with Gasteiger partial charge in [0.2, 0.25) is 0 Å². The van der Waals surface area contributed by atoms with E-state index in [0.717, 1.165) is 16.8 Å². The number of para-hydroxylation sites is 1. The fraction of sp³-hybridized carbons (Fsp3) is 0.143. The molecule has 0 aliphatic rings. The molecule has 0 aliphatic carbocycles. The molecule has 2 N–H and O–H groups in total. The van der Waals surface area contributed by atoms with Crippen LogP contribution in [-0.4, -0.2) is 5.11 Å². The number of phenols is 1. The molecule has 0 heterocycles. The van der Waals surface area contributed by atoms with Gasteiger partial charge in [0.25, 0.3) is 0 Å². The number of rotatable bonds is 3. The quantitative estimate of drug-likeness (QED) is 0.860. The van der Waals surface area contributed by atoms with E-state index in [4.69, 9.17) is 11.6 Å². The third-order valence-electron chi connectivity index (χ3n) is 2.58. The first kappa shape index (κ1) is 11.8. The standard InChI is InChI=1S/C14H14ClNO/c1-10-6-7-14(17)11(8-10)9-16-13-5-3-2-4-12(13)15/h2-8,16-17H,9H2,1H3. The Kier molecular flexibility index (Phi) is 3.55.